The number of carbonyl (C=O) groups excluding carboxylic acids is 1. The van der Waals surface area contributed by atoms with Gasteiger partial charge in [-0.25, -0.2) is 8.51 Å². The molecule has 2 N–H and O–H groups in total. The highest BCUT2D eigenvalue weighted by atomic mass is 35.5. The Hall–Kier alpha value is -1.89. The molecule has 126 valence electrons. The van der Waals surface area contributed by atoms with Gasteiger partial charge in [0.05, 0.1) is 15.5 Å². The van der Waals surface area contributed by atoms with Crippen LogP contribution in [0.4, 0.5) is 5.69 Å². The van der Waals surface area contributed by atoms with Crippen molar-refractivity contribution in [2.45, 2.75) is 4.90 Å². The van der Waals surface area contributed by atoms with Gasteiger partial charge in [-0.2, -0.15) is 0 Å². The van der Waals surface area contributed by atoms with Gasteiger partial charge in [-0.1, -0.05) is 35.9 Å². The lowest BCUT2D eigenvalue weighted by molar-refractivity contribution is 0.100. The number of benzene rings is 2. The summed E-state index contributed by atoms with van der Waals surface area (Å²) in [5, 5.41) is 0.511. The minimum atomic E-state index is -1.28. The molecular formula is C17H18ClN3O2S. The summed E-state index contributed by atoms with van der Waals surface area (Å²) in [6.45, 7) is 2.57. The molecule has 2 aromatic rings. The first-order valence-corrected chi connectivity index (χ1v) is 9.11. The number of nitrogens with two attached hydrogens (primary N) is 1. The zero-order valence-electron chi connectivity index (χ0n) is 13.0. The van der Waals surface area contributed by atoms with E-state index < -0.39 is 16.9 Å². The standard InChI is InChI=1S/C17H18ClN3O2S/c18-14-6-2-4-8-16(14)24(23)21-11-9-20(10-12-21)15-7-3-1-5-13(15)17(19)22/h1-8H,9-12H2,(H2,19,22). The molecular weight excluding hydrogens is 346 g/mol. The number of para-hydroxylation sites is 1. The highest BCUT2D eigenvalue weighted by molar-refractivity contribution is 7.82. The fourth-order valence-corrected chi connectivity index (χ4v) is 4.31. The second kappa shape index (κ2) is 7.34. The van der Waals surface area contributed by atoms with E-state index in [1.807, 2.05) is 28.6 Å². The van der Waals surface area contributed by atoms with Gasteiger partial charge in [-0.3, -0.25) is 4.79 Å². The lowest BCUT2D eigenvalue weighted by Crippen LogP contribution is -2.47. The van der Waals surface area contributed by atoms with Crippen molar-refractivity contribution < 1.29 is 9.00 Å². The van der Waals surface area contributed by atoms with Crippen molar-refractivity contribution >= 4 is 34.2 Å². The first-order chi connectivity index (χ1) is 11.6. The summed E-state index contributed by atoms with van der Waals surface area (Å²) in [5.74, 6) is -0.437. The van der Waals surface area contributed by atoms with Crippen LogP contribution in [0, 0.1) is 0 Å². The number of nitrogens with zero attached hydrogens (tertiary/aromatic N) is 2. The Morgan fingerprint density at radius 2 is 1.62 bits per heavy atom. The summed E-state index contributed by atoms with van der Waals surface area (Å²) in [5.41, 5.74) is 6.79. The van der Waals surface area contributed by atoms with Crippen molar-refractivity contribution in [2.24, 2.45) is 5.73 Å². The van der Waals surface area contributed by atoms with E-state index in [1.165, 1.54) is 0 Å². The molecule has 7 heteroatoms. The van der Waals surface area contributed by atoms with Crippen LogP contribution >= 0.6 is 11.6 Å². The van der Waals surface area contributed by atoms with Crippen molar-refractivity contribution in [3.05, 3.63) is 59.1 Å². The van der Waals surface area contributed by atoms with Crippen LogP contribution in [0.1, 0.15) is 10.4 Å². The third kappa shape index (κ3) is 3.45. The number of carbonyl (C=O) groups is 1. The number of anilines is 1. The molecule has 5 nitrogen and oxygen atoms in total. The first-order valence-electron chi connectivity index (χ1n) is 7.63. The van der Waals surface area contributed by atoms with Gasteiger partial charge in [0, 0.05) is 31.9 Å². The third-order valence-corrected chi connectivity index (χ3v) is 6.02. The Kier molecular flexibility index (Phi) is 5.18. The molecule has 1 unspecified atom stereocenters. The molecule has 2 aromatic carbocycles. The van der Waals surface area contributed by atoms with Gasteiger partial charge in [0.25, 0.3) is 5.91 Å². The van der Waals surface area contributed by atoms with Gasteiger partial charge < -0.3 is 10.6 Å². The van der Waals surface area contributed by atoms with Crippen LogP contribution in [-0.2, 0) is 11.0 Å². The third-order valence-electron chi connectivity index (χ3n) is 4.01. The number of primary amides is 1. The molecule has 1 saturated heterocycles. The summed E-state index contributed by atoms with van der Waals surface area (Å²) in [6.07, 6.45) is 0. The summed E-state index contributed by atoms with van der Waals surface area (Å²) in [6, 6.07) is 14.5. The molecule has 0 aliphatic carbocycles. The zero-order chi connectivity index (χ0) is 17.1. The summed E-state index contributed by atoms with van der Waals surface area (Å²) in [7, 11) is -1.28. The van der Waals surface area contributed by atoms with Crippen molar-refractivity contribution in [2.75, 3.05) is 31.1 Å². The smallest absolute Gasteiger partial charge is 0.250 e. The highest BCUT2D eigenvalue weighted by Gasteiger charge is 2.25. The Morgan fingerprint density at radius 1 is 1.00 bits per heavy atom. The van der Waals surface area contributed by atoms with E-state index in [1.54, 1.807) is 24.3 Å². The summed E-state index contributed by atoms with van der Waals surface area (Å²) < 4.78 is 14.6. The van der Waals surface area contributed by atoms with Gasteiger partial charge in [0.2, 0.25) is 0 Å². The molecule has 1 aliphatic heterocycles. The molecule has 3 rings (SSSR count). The summed E-state index contributed by atoms with van der Waals surface area (Å²) in [4.78, 5) is 14.3. The SMILES string of the molecule is NC(=O)c1ccccc1N1CCN(S(=O)c2ccccc2Cl)CC1. The molecule has 0 aromatic heterocycles. The molecule has 0 radical (unpaired) electrons. The largest absolute Gasteiger partial charge is 0.368 e. The van der Waals surface area contributed by atoms with E-state index in [4.69, 9.17) is 17.3 Å². The van der Waals surface area contributed by atoms with E-state index in [0.717, 1.165) is 5.69 Å². The number of hydrogen-bond donors (Lipinski definition) is 1. The van der Waals surface area contributed by atoms with Crippen LogP contribution in [0.15, 0.2) is 53.4 Å². The molecule has 1 fully saturated rings. The van der Waals surface area contributed by atoms with Gasteiger partial charge in [-0.15, -0.1) is 0 Å². The van der Waals surface area contributed by atoms with Crippen LogP contribution in [0.3, 0.4) is 0 Å². The van der Waals surface area contributed by atoms with E-state index in [2.05, 4.69) is 4.90 Å². The van der Waals surface area contributed by atoms with Crippen molar-refractivity contribution in [3.63, 3.8) is 0 Å². The molecule has 0 saturated carbocycles. The van der Waals surface area contributed by atoms with Crippen molar-refractivity contribution in [1.82, 2.24) is 4.31 Å². The van der Waals surface area contributed by atoms with Crippen LogP contribution in [-0.4, -0.2) is 40.6 Å². The average molecular weight is 364 g/mol. The van der Waals surface area contributed by atoms with Crippen LogP contribution in [0.2, 0.25) is 5.02 Å². The Labute approximate surface area is 148 Å². The van der Waals surface area contributed by atoms with Gasteiger partial charge in [0.1, 0.15) is 11.0 Å². The molecule has 0 bridgehead atoms. The second-order valence-corrected chi connectivity index (χ2v) is 7.34. The van der Waals surface area contributed by atoms with Crippen LogP contribution < -0.4 is 10.6 Å². The van der Waals surface area contributed by atoms with E-state index in [-0.39, 0.29) is 0 Å². The fraction of sp³-hybridized carbons (Fsp3) is 0.235. The van der Waals surface area contributed by atoms with Crippen molar-refractivity contribution in [1.29, 1.82) is 0 Å². The molecule has 1 heterocycles. The van der Waals surface area contributed by atoms with Crippen LogP contribution in [0.25, 0.3) is 0 Å². The van der Waals surface area contributed by atoms with Crippen molar-refractivity contribution in [3.8, 4) is 0 Å². The lowest BCUT2D eigenvalue weighted by Gasteiger charge is -2.35. The zero-order valence-corrected chi connectivity index (χ0v) is 14.6. The molecule has 0 spiro atoms. The minimum Gasteiger partial charge on any atom is -0.368 e. The van der Waals surface area contributed by atoms with Gasteiger partial charge in [-0.05, 0) is 24.3 Å². The Morgan fingerprint density at radius 3 is 2.29 bits per heavy atom. The highest BCUT2D eigenvalue weighted by Crippen LogP contribution is 2.25. The lowest BCUT2D eigenvalue weighted by atomic mass is 10.1. The number of halogens is 1. The normalized spacial score (nSPS) is 16.8. The second-order valence-electron chi connectivity index (χ2n) is 5.48. The van der Waals surface area contributed by atoms with Crippen LogP contribution in [0.5, 0.6) is 0 Å². The van der Waals surface area contributed by atoms with Gasteiger partial charge in [0.15, 0.2) is 0 Å². The fourth-order valence-electron chi connectivity index (χ4n) is 2.78. The molecule has 1 atom stereocenters. The summed E-state index contributed by atoms with van der Waals surface area (Å²) >= 11 is 6.14. The Bertz CT molecular complexity index is 776. The molecule has 1 amide bonds. The average Bonchev–Trinajstić information content (AvgIpc) is 2.62. The molecule has 24 heavy (non-hydrogen) atoms. The number of piperazine rings is 1. The maximum absolute atomic E-state index is 12.7. The predicted molar refractivity (Wildman–Crippen MR) is 96.6 cm³/mol. The minimum absolute atomic E-state index is 0.437. The Balaban J connectivity index is 1.72. The number of hydrogen-bond acceptors (Lipinski definition) is 3. The number of amides is 1. The van der Waals surface area contributed by atoms with E-state index in [0.29, 0.717) is 41.7 Å². The van der Waals surface area contributed by atoms with E-state index >= 15 is 0 Å². The maximum atomic E-state index is 12.7. The monoisotopic (exact) mass is 363 g/mol. The quantitative estimate of drug-likeness (QED) is 0.906. The van der Waals surface area contributed by atoms with Gasteiger partial charge >= 0.3 is 0 Å². The number of rotatable bonds is 4. The predicted octanol–water partition coefficient (Wildman–Crippen LogP) is 2.28. The topological polar surface area (TPSA) is 66.6 Å². The maximum Gasteiger partial charge on any atom is 0.250 e. The van der Waals surface area contributed by atoms with E-state index in [9.17, 15) is 9.00 Å². The molecule has 1 aliphatic rings. The first kappa shape index (κ1) is 17.0.